The monoisotopic (exact) mass is 546 g/mol. The van der Waals surface area contributed by atoms with Gasteiger partial charge in [-0.25, -0.2) is 9.97 Å². The first-order valence-electron chi connectivity index (χ1n) is 12.4. The van der Waals surface area contributed by atoms with Crippen molar-refractivity contribution in [2.24, 2.45) is 5.41 Å². The SMILES string of the molecule is CC(C(=O)Nc1ncc(SCc2ncc(CC(C)(C)C)o2)s1)c1ccc(-n2cc3ccccc3c2O)cc1. The van der Waals surface area contributed by atoms with Crippen LogP contribution >= 0.6 is 23.1 Å². The van der Waals surface area contributed by atoms with E-state index in [1.165, 1.54) is 11.3 Å². The standard InChI is InChI=1S/C29H30N4O3S2/c1-18(19-9-11-21(12-10-19)33-16-20-7-5-6-8-23(20)27(33)35)26(34)32-28-31-15-25(38-28)37-17-24-30-14-22(36-24)13-29(2,3)4/h5-12,14-16,18,35H,13,17H2,1-4H3,(H,31,32,34). The molecule has 0 saturated carbocycles. The highest BCUT2D eigenvalue weighted by Crippen LogP contribution is 2.33. The minimum absolute atomic E-state index is 0.127. The summed E-state index contributed by atoms with van der Waals surface area (Å²) < 4.78 is 8.58. The van der Waals surface area contributed by atoms with E-state index >= 15 is 0 Å². The lowest BCUT2D eigenvalue weighted by molar-refractivity contribution is -0.117. The van der Waals surface area contributed by atoms with Gasteiger partial charge in [0.05, 0.1) is 28.3 Å². The number of oxazole rings is 1. The molecule has 3 heterocycles. The van der Waals surface area contributed by atoms with Gasteiger partial charge in [-0.3, -0.25) is 9.36 Å². The highest BCUT2D eigenvalue weighted by molar-refractivity contribution is 8.00. The van der Waals surface area contributed by atoms with E-state index in [1.807, 2.05) is 61.7 Å². The Morgan fingerprint density at radius 3 is 2.63 bits per heavy atom. The van der Waals surface area contributed by atoms with E-state index in [-0.39, 0.29) is 23.1 Å². The zero-order chi connectivity index (χ0) is 26.9. The van der Waals surface area contributed by atoms with Crippen LogP contribution in [0.3, 0.4) is 0 Å². The molecule has 9 heteroatoms. The Balaban J connectivity index is 1.18. The van der Waals surface area contributed by atoms with Crippen molar-refractivity contribution in [2.75, 3.05) is 5.32 Å². The number of thiazole rings is 1. The molecule has 3 aromatic heterocycles. The van der Waals surface area contributed by atoms with E-state index in [0.717, 1.165) is 38.4 Å². The smallest absolute Gasteiger partial charge is 0.233 e. The van der Waals surface area contributed by atoms with Gasteiger partial charge in [-0.15, -0.1) is 11.8 Å². The molecule has 5 aromatic rings. The average molecular weight is 547 g/mol. The predicted octanol–water partition coefficient (Wildman–Crippen LogP) is 7.40. The maximum absolute atomic E-state index is 12.9. The van der Waals surface area contributed by atoms with Crippen LogP contribution < -0.4 is 5.32 Å². The number of benzene rings is 2. The Kier molecular flexibility index (Phi) is 7.32. The molecule has 0 spiro atoms. The first-order chi connectivity index (χ1) is 18.2. The van der Waals surface area contributed by atoms with Crippen molar-refractivity contribution in [3.8, 4) is 11.6 Å². The number of fused-ring (bicyclic) bond motifs is 1. The van der Waals surface area contributed by atoms with E-state index < -0.39 is 0 Å². The summed E-state index contributed by atoms with van der Waals surface area (Å²) in [6, 6.07) is 15.3. The Morgan fingerprint density at radius 1 is 1.13 bits per heavy atom. The second-order valence-corrected chi connectivity index (χ2v) is 12.7. The predicted molar refractivity (Wildman–Crippen MR) is 153 cm³/mol. The minimum atomic E-state index is -0.366. The van der Waals surface area contributed by atoms with Crippen LogP contribution in [0.25, 0.3) is 16.5 Å². The van der Waals surface area contributed by atoms with Gasteiger partial charge in [0.2, 0.25) is 17.7 Å². The van der Waals surface area contributed by atoms with Crippen molar-refractivity contribution in [3.63, 3.8) is 0 Å². The lowest BCUT2D eigenvalue weighted by Crippen LogP contribution is -2.18. The Morgan fingerprint density at radius 2 is 1.89 bits per heavy atom. The molecule has 0 fully saturated rings. The minimum Gasteiger partial charge on any atom is -0.494 e. The molecule has 2 aromatic carbocycles. The van der Waals surface area contributed by atoms with Gasteiger partial charge >= 0.3 is 0 Å². The number of carbonyl (C=O) groups excluding carboxylic acids is 1. The molecular formula is C29H30N4O3S2. The number of thioether (sulfide) groups is 1. The average Bonchev–Trinajstić information content (AvgIpc) is 3.61. The number of aromatic hydroxyl groups is 1. The molecule has 0 aliphatic carbocycles. The third kappa shape index (κ3) is 5.95. The maximum atomic E-state index is 12.9. The third-order valence-corrected chi connectivity index (χ3v) is 8.21. The fraction of sp³-hybridized carbons (Fsp3) is 0.276. The molecule has 0 saturated heterocycles. The van der Waals surface area contributed by atoms with Crippen LogP contribution in [0, 0.1) is 5.41 Å². The molecule has 0 aliphatic rings. The maximum Gasteiger partial charge on any atom is 0.233 e. The molecule has 196 valence electrons. The summed E-state index contributed by atoms with van der Waals surface area (Å²) in [6.07, 6.45) is 6.31. The van der Waals surface area contributed by atoms with Crippen LogP contribution in [-0.4, -0.2) is 25.5 Å². The number of rotatable bonds is 8. The van der Waals surface area contributed by atoms with Gasteiger partial charge in [-0.2, -0.15) is 0 Å². The summed E-state index contributed by atoms with van der Waals surface area (Å²) in [5.41, 5.74) is 1.85. The van der Waals surface area contributed by atoms with E-state index in [4.69, 9.17) is 4.42 Å². The van der Waals surface area contributed by atoms with Crippen LogP contribution in [-0.2, 0) is 17.0 Å². The molecule has 2 N–H and O–H groups in total. The molecule has 7 nitrogen and oxygen atoms in total. The largest absolute Gasteiger partial charge is 0.494 e. The lowest BCUT2D eigenvalue weighted by atomic mass is 9.91. The molecule has 5 rings (SSSR count). The Hall–Kier alpha value is -3.56. The second-order valence-electron chi connectivity index (χ2n) is 10.4. The summed E-state index contributed by atoms with van der Waals surface area (Å²) in [4.78, 5) is 21.7. The molecule has 0 radical (unpaired) electrons. The van der Waals surface area contributed by atoms with E-state index in [2.05, 4.69) is 36.1 Å². The van der Waals surface area contributed by atoms with Crippen molar-refractivity contribution >= 4 is 44.9 Å². The molecule has 1 atom stereocenters. The summed E-state index contributed by atoms with van der Waals surface area (Å²) in [5.74, 6) is 1.89. The lowest BCUT2D eigenvalue weighted by Gasteiger charge is -2.15. The van der Waals surface area contributed by atoms with Crippen LogP contribution in [0.5, 0.6) is 5.88 Å². The van der Waals surface area contributed by atoms with Crippen LogP contribution in [0.15, 0.2) is 75.7 Å². The van der Waals surface area contributed by atoms with Crippen molar-refractivity contribution in [2.45, 2.75) is 50.0 Å². The quantitative estimate of drug-likeness (QED) is 0.197. The normalized spacial score (nSPS) is 12.6. The highest BCUT2D eigenvalue weighted by atomic mass is 32.2. The molecule has 0 aliphatic heterocycles. The summed E-state index contributed by atoms with van der Waals surface area (Å²) in [7, 11) is 0. The van der Waals surface area contributed by atoms with Gasteiger partial charge in [0.1, 0.15) is 5.76 Å². The number of carbonyl (C=O) groups is 1. The fourth-order valence-electron chi connectivity index (χ4n) is 4.16. The van der Waals surface area contributed by atoms with Crippen molar-refractivity contribution in [1.29, 1.82) is 0 Å². The molecule has 0 bridgehead atoms. The zero-order valence-corrected chi connectivity index (χ0v) is 23.4. The van der Waals surface area contributed by atoms with Gasteiger partial charge in [0.15, 0.2) is 5.13 Å². The summed E-state index contributed by atoms with van der Waals surface area (Å²) in [6.45, 7) is 8.38. The van der Waals surface area contributed by atoms with Crippen molar-refractivity contribution in [1.82, 2.24) is 14.5 Å². The molecule has 1 unspecified atom stereocenters. The Bertz CT molecular complexity index is 1560. The highest BCUT2D eigenvalue weighted by Gasteiger charge is 2.19. The first kappa shape index (κ1) is 26.1. The summed E-state index contributed by atoms with van der Waals surface area (Å²) in [5, 5.41) is 15.9. The number of amides is 1. The van der Waals surface area contributed by atoms with Crippen molar-refractivity contribution in [3.05, 3.63) is 84.3 Å². The Labute approximate surface area is 229 Å². The number of nitrogens with zero attached hydrogens (tertiary/aromatic N) is 3. The topological polar surface area (TPSA) is 93.2 Å². The van der Waals surface area contributed by atoms with Gasteiger partial charge in [0.25, 0.3) is 0 Å². The number of hydrogen-bond donors (Lipinski definition) is 2. The van der Waals surface area contributed by atoms with Crippen LogP contribution in [0.2, 0.25) is 0 Å². The summed E-state index contributed by atoms with van der Waals surface area (Å²) >= 11 is 3.02. The van der Waals surface area contributed by atoms with E-state index in [9.17, 15) is 9.90 Å². The van der Waals surface area contributed by atoms with Gasteiger partial charge in [0, 0.05) is 29.1 Å². The van der Waals surface area contributed by atoms with Gasteiger partial charge in [-0.05, 0) is 36.1 Å². The van der Waals surface area contributed by atoms with Gasteiger partial charge < -0.3 is 14.8 Å². The van der Waals surface area contributed by atoms with E-state index in [1.54, 1.807) is 28.7 Å². The van der Waals surface area contributed by atoms with E-state index in [0.29, 0.717) is 16.8 Å². The fourth-order valence-corrected chi connectivity index (χ4v) is 5.89. The molecular weight excluding hydrogens is 516 g/mol. The van der Waals surface area contributed by atoms with Crippen LogP contribution in [0.1, 0.15) is 50.8 Å². The first-order valence-corrected chi connectivity index (χ1v) is 14.2. The number of nitrogens with one attached hydrogen (secondary N) is 1. The molecule has 38 heavy (non-hydrogen) atoms. The molecule has 1 amide bonds. The third-order valence-electron chi connectivity index (χ3n) is 6.12. The number of aromatic nitrogens is 3. The van der Waals surface area contributed by atoms with Gasteiger partial charge in [-0.1, -0.05) is 62.4 Å². The second kappa shape index (κ2) is 10.7. The van der Waals surface area contributed by atoms with Crippen LogP contribution in [0.4, 0.5) is 5.13 Å². The van der Waals surface area contributed by atoms with Crippen molar-refractivity contribution < 1.29 is 14.3 Å². The number of anilines is 1. The zero-order valence-electron chi connectivity index (χ0n) is 21.8. The number of hydrogen-bond acceptors (Lipinski definition) is 7.